The number of aryl methyl sites for hydroxylation is 1. The zero-order valence-corrected chi connectivity index (χ0v) is 18.5. The molecule has 1 aromatic rings. The monoisotopic (exact) mass is 496 g/mol. The molecule has 0 spiro atoms. The summed E-state index contributed by atoms with van der Waals surface area (Å²) in [6, 6.07) is 5.59. The summed E-state index contributed by atoms with van der Waals surface area (Å²) in [7, 11) is 0. The maximum Gasteiger partial charge on any atom is 0.434 e. The third-order valence-electron chi connectivity index (χ3n) is 6.53. The molecule has 1 aliphatic carbocycles. The number of carboxylic acid groups (broad SMARTS) is 1. The molecule has 1 aromatic carbocycles. The number of carboxylic acids is 1. The highest BCUT2D eigenvalue weighted by atomic mass is 19.4. The molecule has 0 bridgehead atoms. The minimum Gasteiger partial charge on any atom is -0.481 e. The zero-order valence-electron chi connectivity index (χ0n) is 18.5. The lowest BCUT2D eigenvalue weighted by atomic mass is 9.76. The highest BCUT2D eigenvalue weighted by Crippen LogP contribution is 2.43. The fraction of sp³-hybridized carbons (Fsp3) is 0.636. The third-order valence-corrected chi connectivity index (χ3v) is 6.53. The van der Waals surface area contributed by atoms with E-state index in [9.17, 15) is 41.0 Å². The minimum absolute atomic E-state index is 0.0982. The summed E-state index contributed by atoms with van der Waals surface area (Å²) in [5.41, 5.74) is 1.57. The van der Waals surface area contributed by atoms with E-state index in [1.807, 2.05) is 30.0 Å². The van der Waals surface area contributed by atoms with Gasteiger partial charge in [-0.05, 0) is 36.5 Å². The summed E-state index contributed by atoms with van der Waals surface area (Å²) in [5, 5.41) is 9.90. The van der Waals surface area contributed by atoms with Crippen molar-refractivity contribution in [2.45, 2.75) is 63.0 Å². The standard InChI is InChI=1S/C22H26F6N2O4/c1-14-4-5-15(12-16(14)20(18(31)32)6-2-3-7-20)13-29-8-10-30(11-9-29)19(33)34-17(21(23,24)25)22(26,27)28/h4-5,12,17H,2-3,6-11,13H2,1H3,(H,31,32). The van der Waals surface area contributed by atoms with Gasteiger partial charge in [0, 0.05) is 32.7 Å². The van der Waals surface area contributed by atoms with Crippen LogP contribution in [-0.2, 0) is 21.5 Å². The minimum atomic E-state index is -5.76. The Morgan fingerprint density at radius 2 is 1.59 bits per heavy atom. The quantitative estimate of drug-likeness (QED) is 0.602. The van der Waals surface area contributed by atoms with Crippen molar-refractivity contribution in [3.63, 3.8) is 0 Å². The Morgan fingerprint density at radius 1 is 1.03 bits per heavy atom. The summed E-state index contributed by atoms with van der Waals surface area (Å²) >= 11 is 0. The van der Waals surface area contributed by atoms with Crippen LogP contribution in [0.5, 0.6) is 0 Å². The number of nitrogens with zero attached hydrogens (tertiary/aromatic N) is 2. The molecular formula is C22H26F6N2O4. The van der Waals surface area contributed by atoms with E-state index < -0.39 is 35.9 Å². The molecular weight excluding hydrogens is 470 g/mol. The molecule has 0 unspecified atom stereocenters. The maximum atomic E-state index is 12.6. The molecule has 190 valence electrons. The van der Waals surface area contributed by atoms with Crippen molar-refractivity contribution in [3.8, 4) is 0 Å². The van der Waals surface area contributed by atoms with Crippen LogP contribution in [-0.4, -0.2) is 71.6 Å². The van der Waals surface area contributed by atoms with E-state index in [-0.39, 0.29) is 26.2 Å². The summed E-state index contributed by atoms with van der Waals surface area (Å²) in [6.45, 7) is 2.50. The number of alkyl halides is 6. The number of piperazine rings is 1. The molecule has 1 heterocycles. The predicted octanol–water partition coefficient (Wildman–Crippen LogP) is 4.64. The van der Waals surface area contributed by atoms with Crippen LogP contribution in [0.2, 0.25) is 0 Å². The Balaban J connectivity index is 1.63. The largest absolute Gasteiger partial charge is 0.481 e. The molecule has 2 aliphatic rings. The topological polar surface area (TPSA) is 70.1 Å². The number of halogens is 6. The van der Waals surface area contributed by atoms with Gasteiger partial charge in [-0.15, -0.1) is 0 Å². The molecule has 1 N–H and O–H groups in total. The van der Waals surface area contributed by atoms with Gasteiger partial charge in [0.2, 0.25) is 0 Å². The smallest absolute Gasteiger partial charge is 0.434 e. The molecule has 0 aromatic heterocycles. The molecule has 1 saturated carbocycles. The highest BCUT2D eigenvalue weighted by molar-refractivity contribution is 5.82. The zero-order chi connectivity index (χ0) is 25.3. The summed E-state index contributed by atoms with van der Waals surface area (Å²) < 4.78 is 79.6. The van der Waals surface area contributed by atoms with Gasteiger partial charge in [-0.2, -0.15) is 26.3 Å². The SMILES string of the molecule is Cc1ccc(CN2CCN(C(=O)OC(C(F)(F)F)C(F)(F)F)CC2)cc1C1(C(=O)O)CCCC1. The first-order valence-electron chi connectivity index (χ1n) is 10.9. The van der Waals surface area contributed by atoms with Crippen LogP contribution in [0.4, 0.5) is 31.1 Å². The van der Waals surface area contributed by atoms with E-state index in [4.69, 9.17) is 0 Å². The molecule has 2 fully saturated rings. The molecule has 3 rings (SSSR count). The number of hydrogen-bond donors (Lipinski definition) is 1. The average Bonchev–Trinajstić information content (AvgIpc) is 3.23. The number of hydrogen-bond acceptors (Lipinski definition) is 4. The first-order valence-corrected chi connectivity index (χ1v) is 10.9. The first-order chi connectivity index (χ1) is 15.7. The lowest BCUT2D eigenvalue weighted by Gasteiger charge is -2.35. The van der Waals surface area contributed by atoms with Crippen LogP contribution >= 0.6 is 0 Å². The van der Waals surface area contributed by atoms with Gasteiger partial charge in [0.15, 0.2) is 0 Å². The number of amides is 1. The predicted molar refractivity (Wildman–Crippen MR) is 108 cm³/mol. The van der Waals surface area contributed by atoms with Crippen molar-refractivity contribution in [3.05, 3.63) is 34.9 Å². The average molecular weight is 496 g/mol. The van der Waals surface area contributed by atoms with Crippen molar-refractivity contribution < 1.29 is 45.8 Å². The number of aliphatic carboxylic acids is 1. The lowest BCUT2D eigenvalue weighted by molar-refractivity contribution is -0.308. The number of benzene rings is 1. The number of carbonyl (C=O) groups excluding carboxylic acids is 1. The van der Waals surface area contributed by atoms with Gasteiger partial charge in [-0.1, -0.05) is 31.0 Å². The maximum absolute atomic E-state index is 12.6. The van der Waals surface area contributed by atoms with E-state index in [0.29, 0.717) is 19.4 Å². The van der Waals surface area contributed by atoms with Crippen LogP contribution in [0.3, 0.4) is 0 Å². The van der Waals surface area contributed by atoms with Gasteiger partial charge in [-0.3, -0.25) is 9.69 Å². The molecule has 1 amide bonds. The van der Waals surface area contributed by atoms with Gasteiger partial charge < -0.3 is 14.7 Å². The Bertz CT molecular complexity index is 890. The molecule has 34 heavy (non-hydrogen) atoms. The molecule has 0 radical (unpaired) electrons. The molecule has 1 aliphatic heterocycles. The second kappa shape index (κ2) is 9.63. The molecule has 0 atom stereocenters. The van der Waals surface area contributed by atoms with Crippen molar-refractivity contribution in [2.75, 3.05) is 26.2 Å². The Hall–Kier alpha value is -2.50. The van der Waals surface area contributed by atoms with Gasteiger partial charge in [-0.25, -0.2) is 4.79 Å². The number of carbonyl (C=O) groups is 2. The molecule has 12 heteroatoms. The van der Waals surface area contributed by atoms with E-state index in [0.717, 1.165) is 34.4 Å². The van der Waals surface area contributed by atoms with Crippen LogP contribution in [0, 0.1) is 6.92 Å². The van der Waals surface area contributed by atoms with Crippen LogP contribution < -0.4 is 0 Å². The summed E-state index contributed by atoms with van der Waals surface area (Å²) in [5.74, 6) is -0.853. The van der Waals surface area contributed by atoms with Crippen molar-refractivity contribution >= 4 is 12.1 Å². The van der Waals surface area contributed by atoms with E-state index in [1.165, 1.54) is 0 Å². The second-order valence-corrected chi connectivity index (χ2v) is 8.85. The van der Waals surface area contributed by atoms with Gasteiger partial charge in [0.05, 0.1) is 5.41 Å². The van der Waals surface area contributed by atoms with Crippen molar-refractivity contribution in [1.82, 2.24) is 9.80 Å². The van der Waals surface area contributed by atoms with Gasteiger partial charge >= 0.3 is 24.4 Å². The fourth-order valence-corrected chi connectivity index (χ4v) is 4.70. The fourth-order valence-electron chi connectivity index (χ4n) is 4.70. The van der Waals surface area contributed by atoms with E-state index >= 15 is 0 Å². The molecule has 1 saturated heterocycles. The highest BCUT2D eigenvalue weighted by Gasteiger charge is 2.60. The first kappa shape index (κ1) is 26.1. The van der Waals surface area contributed by atoms with Crippen molar-refractivity contribution in [2.24, 2.45) is 0 Å². The normalized spacial score (nSPS) is 19.5. The number of ether oxygens (including phenoxy) is 1. The van der Waals surface area contributed by atoms with Crippen LogP contribution in [0.15, 0.2) is 18.2 Å². The second-order valence-electron chi connectivity index (χ2n) is 8.85. The summed E-state index contributed by atoms with van der Waals surface area (Å²) in [4.78, 5) is 26.7. The summed E-state index contributed by atoms with van der Waals surface area (Å²) in [6.07, 6.45) is -14.6. The van der Waals surface area contributed by atoms with E-state index in [2.05, 4.69) is 4.74 Å². The Morgan fingerprint density at radius 3 is 2.09 bits per heavy atom. The van der Waals surface area contributed by atoms with Crippen LogP contribution in [0.1, 0.15) is 42.4 Å². The van der Waals surface area contributed by atoms with Crippen molar-refractivity contribution in [1.29, 1.82) is 0 Å². The third kappa shape index (κ3) is 5.59. The van der Waals surface area contributed by atoms with Gasteiger partial charge in [0.25, 0.3) is 6.10 Å². The van der Waals surface area contributed by atoms with Crippen LogP contribution in [0.25, 0.3) is 0 Å². The Labute approximate surface area is 192 Å². The molecule has 6 nitrogen and oxygen atoms in total. The van der Waals surface area contributed by atoms with E-state index in [1.54, 1.807) is 0 Å². The van der Waals surface area contributed by atoms with Gasteiger partial charge in [0.1, 0.15) is 0 Å². The number of rotatable bonds is 5. The lowest BCUT2D eigenvalue weighted by Crippen LogP contribution is -2.52. The Kier molecular flexibility index (Phi) is 7.40.